The molecule has 0 bridgehead atoms. The van der Waals surface area contributed by atoms with E-state index in [4.69, 9.17) is 5.73 Å². The van der Waals surface area contributed by atoms with Crippen LogP contribution < -0.4 is 5.73 Å². The molecule has 16 heavy (non-hydrogen) atoms. The van der Waals surface area contributed by atoms with E-state index in [9.17, 15) is 4.79 Å². The summed E-state index contributed by atoms with van der Waals surface area (Å²) < 4.78 is 0. The third kappa shape index (κ3) is 2.57. The second-order valence-electron chi connectivity index (χ2n) is 5.68. The van der Waals surface area contributed by atoms with Crippen LogP contribution in [0, 0.1) is 0 Å². The largest absolute Gasteiger partial charge is 0.340 e. The minimum atomic E-state index is -0.197. The molecule has 0 aromatic heterocycles. The Morgan fingerprint density at radius 2 is 2.00 bits per heavy atom. The van der Waals surface area contributed by atoms with E-state index < -0.39 is 0 Å². The van der Waals surface area contributed by atoms with Gasteiger partial charge in [0.1, 0.15) is 0 Å². The van der Waals surface area contributed by atoms with Crippen LogP contribution in [0.4, 0.5) is 0 Å². The van der Waals surface area contributed by atoms with Crippen molar-refractivity contribution in [3.63, 3.8) is 0 Å². The number of carbonyl (C=O) groups excluding carboxylic acids is 1. The van der Waals surface area contributed by atoms with Crippen molar-refractivity contribution >= 4 is 5.91 Å². The molecule has 1 aliphatic heterocycles. The van der Waals surface area contributed by atoms with Gasteiger partial charge in [-0.1, -0.05) is 19.3 Å². The summed E-state index contributed by atoms with van der Waals surface area (Å²) in [6.45, 7) is 3.09. The average molecular weight is 224 g/mol. The molecular weight excluding hydrogens is 200 g/mol. The van der Waals surface area contributed by atoms with Crippen LogP contribution in [0.5, 0.6) is 0 Å². The number of rotatable bonds is 2. The summed E-state index contributed by atoms with van der Waals surface area (Å²) in [6, 6.07) is 0.430. The molecule has 0 spiro atoms. The van der Waals surface area contributed by atoms with Crippen LogP contribution in [0.25, 0.3) is 0 Å². The molecular formula is C13H24N2O. The zero-order chi connectivity index (χ0) is 11.6. The number of nitrogens with two attached hydrogens (primary N) is 1. The van der Waals surface area contributed by atoms with Gasteiger partial charge < -0.3 is 10.6 Å². The highest BCUT2D eigenvalue weighted by atomic mass is 16.2. The summed E-state index contributed by atoms with van der Waals surface area (Å²) in [4.78, 5) is 14.2. The molecule has 2 rings (SSSR count). The lowest BCUT2D eigenvalue weighted by molar-refractivity contribution is -0.133. The number of nitrogens with zero attached hydrogens (tertiary/aromatic N) is 1. The number of amides is 1. The molecule has 1 heterocycles. The van der Waals surface area contributed by atoms with E-state index in [2.05, 4.69) is 6.92 Å². The molecule has 3 heteroatoms. The number of hydrogen-bond donors (Lipinski definition) is 1. The summed E-state index contributed by atoms with van der Waals surface area (Å²) in [7, 11) is 0. The van der Waals surface area contributed by atoms with Gasteiger partial charge in [0.25, 0.3) is 0 Å². The molecule has 0 aromatic rings. The lowest BCUT2D eigenvalue weighted by Crippen LogP contribution is -2.47. The van der Waals surface area contributed by atoms with Gasteiger partial charge in [0.05, 0.1) is 0 Å². The van der Waals surface area contributed by atoms with Gasteiger partial charge in [0.2, 0.25) is 5.91 Å². The minimum Gasteiger partial charge on any atom is -0.340 e. The topological polar surface area (TPSA) is 46.3 Å². The number of likely N-dealkylation sites (tertiary alicyclic amines) is 1. The molecule has 92 valence electrons. The second kappa shape index (κ2) is 4.74. The Morgan fingerprint density at radius 1 is 1.31 bits per heavy atom. The van der Waals surface area contributed by atoms with Crippen LogP contribution in [-0.2, 0) is 4.79 Å². The van der Waals surface area contributed by atoms with E-state index in [1.807, 2.05) is 4.90 Å². The van der Waals surface area contributed by atoms with Gasteiger partial charge >= 0.3 is 0 Å². The second-order valence-corrected chi connectivity index (χ2v) is 5.68. The smallest absolute Gasteiger partial charge is 0.224 e. The van der Waals surface area contributed by atoms with Gasteiger partial charge in [0.15, 0.2) is 0 Å². The third-order valence-corrected chi connectivity index (χ3v) is 4.23. The Bertz CT molecular complexity index is 259. The van der Waals surface area contributed by atoms with Crippen molar-refractivity contribution in [1.29, 1.82) is 0 Å². The maximum Gasteiger partial charge on any atom is 0.224 e. The maximum absolute atomic E-state index is 12.2. The first-order chi connectivity index (χ1) is 7.61. The normalized spacial score (nSPS) is 29.4. The van der Waals surface area contributed by atoms with Crippen molar-refractivity contribution in [2.75, 3.05) is 6.54 Å². The Labute approximate surface area is 98.4 Å². The minimum absolute atomic E-state index is 0.197. The molecule has 1 saturated heterocycles. The molecule has 2 fully saturated rings. The van der Waals surface area contributed by atoms with Crippen molar-refractivity contribution in [2.24, 2.45) is 5.73 Å². The first-order valence-corrected chi connectivity index (χ1v) is 6.69. The molecule has 1 atom stereocenters. The SMILES string of the molecule is CC1CCCN1C(=O)CC1(N)CCCCC1. The van der Waals surface area contributed by atoms with Crippen LogP contribution >= 0.6 is 0 Å². The number of hydrogen-bond acceptors (Lipinski definition) is 2. The zero-order valence-electron chi connectivity index (χ0n) is 10.4. The van der Waals surface area contributed by atoms with Gasteiger partial charge in [-0.2, -0.15) is 0 Å². The van der Waals surface area contributed by atoms with Gasteiger partial charge in [-0.25, -0.2) is 0 Å². The predicted molar refractivity (Wildman–Crippen MR) is 65.0 cm³/mol. The van der Waals surface area contributed by atoms with Crippen molar-refractivity contribution in [3.8, 4) is 0 Å². The third-order valence-electron chi connectivity index (χ3n) is 4.23. The summed E-state index contributed by atoms with van der Waals surface area (Å²) >= 11 is 0. The van der Waals surface area contributed by atoms with Crippen LogP contribution in [0.1, 0.15) is 58.3 Å². The van der Waals surface area contributed by atoms with Crippen LogP contribution in [-0.4, -0.2) is 28.9 Å². The Morgan fingerprint density at radius 3 is 2.56 bits per heavy atom. The lowest BCUT2D eigenvalue weighted by Gasteiger charge is -2.35. The summed E-state index contributed by atoms with van der Waals surface area (Å²) in [5.74, 6) is 0.286. The summed E-state index contributed by atoms with van der Waals surface area (Å²) in [6.07, 6.45) is 8.61. The summed E-state index contributed by atoms with van der Waals surface area (Å²) in [5, 5.41) is 0. The van der Waals surface area contributed by atoms with Crippen LogP contribution in [0.15, 0.2) is 0 Å². The highest BCUT2D eigenvalue weighted by Gasteiger charge is 2.34. The fourth-order valence-corrected chi connectivity index (χ4v) is 3.14. The van der Waals surface area contributed by atoms with E-state index in [1.165, 1.54) is 19.3 Å². The Kier molecular flexibility index (Phi) is 3.53. The maximum atomic E-state index is 12.2. The monoisotopic (exact) mass is 224 g/mol. The molecule has 1 amide bonds. The quantitative estimate of drug-likeness (QED) is 0.780. The average Bonchev–Trinajstić information content (AvgIpc) is 2.65. The molecule has 2 aliphatic rings. The highest BCUT2D eigenvalue weighted by molar-refractivity contribution is 5.78. The van der Waals surface area contributed by atoms with E-state index in [1.54, 1.807) is 0 Å². The molecule has 2 N–H and O–H groups in total. The van der Waals surface area contributed by atoms with E-state index in [0.29, 0.717) is 12.5 Å². The fraction of sp³-hybridized carbons (Fsp3) is 0.923. The Balaban J connectivity index is 1.90. The van der Waals surface area contributed by atoms with Gasteiger partial charge in [-0.05, 0) is 32.6 Å². The zero-order valence-corrected chi connectivity index (χ0v) is 10.4. The van der Waals surface area contributed by atoms with Gasteiger partial charge in [0, 0.05) is 24.5 Å². The Hall–Kier alpha value is -0.570. The van der Waals surface area contributed by atoms with Crippen LogP contribution in [0.2, 0.25) is 0 Å². The van der Waals surface area contributed by atoms with Crippen molar-refractivity contribution in [3.05, 3.63) is 0 Å². The summed E-state index contributed by atoms with van der Waals surface area (Å²) in [5.41, 5.74) is 6.13. The molecule has 0 radical (unpaired) electrons. The molecule has 3 nitrogen and oxygen atoms in total. The standard InChI is InChI=1S/C13H24N2O/c1-11-6-5-9-15(11)12(16)10-13(14)7-3-2-4-8-13/h11H,2-10,14H2,1H3. The fourth-order valence-electron chi connectivity index (χ4n) is 3.14. The molecule has 1 aliphatic carbocycles. The van der Waals surface area contributed by atoms with E-state index >= 15 is 0 Å². The first-order valence-electron chi connectivity index (χ1n) is 6.69. The lowest BCUT2D eigenvalue weighted by atomic mass is 9.80. The molecule has 1 saturated carbocycles. The van der Waals surface area contributed by atoms with Gasteiger partial charge in [-0.15, -0.1) is 0 Å². The first kappa shape index (κ1) is 11.9. The predicted octanol–water partition coefficient (Wildman–Crippen LogP) is 2.05. The van der Waals surface area contributed by atoms with Crippen LogP contribution in [0.3, 0.4) is 0 Å². The van der Waals surface area contributed by atoms with Gasteiger partial charge in [-0.3, -0.25) is 4.79 Å². The van der Waals surface area contributed by atoms with E-state index in [-0.39, 0.29) is 11.4 Å². The number of carbonyl (C=O) groups is 1. The molecule has 1 unspecified atom stereocenters. The molecule has 0 aromatic carbocycles. The van der Waals surface area contributed by atoms with E-state index in [0.717, 1.165) is 32.2 Å². The highest BCUT2D eigenvalue weighted by Crippen LogP contribution is 2.30. The van der Waals surface area contributed by atoms with Crippen molar-refractivity contribution in [1.82, 2.24) is 4.90 Å². The van der Waals surface area contributed by atoms with Crippen molar-refractivity contribution < 1.29 is 4.79 Å². The van der Waals surface area contributed by atoms with Crippen molar-refractivity contribution in [2.45, 2.75) is 69.9 Å².